The van der Waals surface area contributed by atoms with E-state index in [2.05, 4.69) is 32.2 Å². The maximum absolute atomic E-state index is 12.4. The van der Waals surface area contributed by atoms with Gasteiger partial charge in [-0.2, -0.15) is 0 Å². The minimum absolute atomic E-state index is 0.0619. The third-order valence-electron chi connectivity index (χ3n) is 4.13. The standard InChI is InChI=1S/C15H21N5O2S/c1-10-9-19(5-6-20(10)15-16-4-7-23-15)12(3)14(21)17-13-8-11(2)22-18-13/h4,7-8,10,12H,5-6,9H2,1-3H3,(H,17,18,21)/t10-,12-/m0/s1. The van der Waals surface area contributed by atoms with Gasteiger partial charge in [-0.1, -0.05) is 5.16 Å². The SMILES string of the molecule is Cc1cc(NC(=O)[C@H](C)N2CCN(c3nccs3)[C@@H](C)C2)no1. The summed E-state index contributed by atoms with van der Waals surface area (Å²) < 4.78 is 4.97. The van der Waals surface area contributed by atoms with E-state index < -0.39 is 0 Å². The lowest BCUT2D eigenvalue weighted by Crippen LogP contribution is -2.56. The zero-order valence-electron chi connectivity index (χ0n) is 13.5. The average molecular weight is 335 g/mol. The van der Waals surface area contributed by atoms with E-state index in [1.165, 1.54) is 0 Å². The van der Waals surface area contributed by atoms with Crippen LogP contribution in [0.4, 0.5) is 10.9 Å². The number of nitrogens with zero attached hydrogens (tertiary/aromatic N) is 4. The topological polar surface area (TPSA) is 74.5 Å². The van der Waals surface area contributed by atoms with Crippen LogP contribution in [0.2, 0.25) is 0 Å². The van der Waals surface area contributed by atoms with Crippen molar-refractivity contribution in [3.63, 3.8) is 0 Å². The van der Waals surface area contributed by atoms with E-state index in [1.807, 2.05) is 18.5 Å². The molecule has 0 bridgehead atoms. The van der Waals surface area contributed by atoms with Crippen LogP contribution in [0.3, 0.4) is 0 Å². The Morgan fingerprint density at radius 3 is 2.96 bits per heavy atom. The maximum atomic E-state index is 12.4. The molecule has 0 spiro atoms. The Labute approximate surface area is 139 Å². The normalized spacial score (nSPS) is 20.5. The van der Waals surface area contributed by atoms with Crippen molar-refractivity contribution in [3.05, 3.63) is 23.4 Å². The fourth-order valence-electron chi connectivity index (χ4n) is 2.80. The van der Waals surface area contributed by atoms with Crippen molar-refractivity contribution in [2.24, 2.45) is 0 Å². The van der Waals surface area contributed by atoms with Crippen LogP contribution < -0.4 is 10.2 Å². The fourth-order valence-corrected chi connectivity index (χ4v) is 3.57. The lowest BCUT2D eigenvalue weighted by molar-refractivity contribution is -0.121. The number of amides is 1. The second-order valence-corrected chi connectivity index (χ2v) is 6.71. The molecule has 0 radical (unpaired) electrons. The molecular weight excluding hydrogens is 314 g/mol. The first kappa shape index (κ1) is 15.9. The predicted molar refractivity (Wildman–Crippen MR) is 89.8 cm³/mol. The first-order valence-corrected chi connectivity index (χ1v) is 8.57. The van der Waals surface area contributed by atoms with Gasteiger partial charge in [-0.3, -0.25) is 9.69 Å². The number of hydrogen-bond donors (Lipinski definition) is 1. The van der Waals surface area contributed by atoms with Gasteiger partial charge in [0.15, 0.2) is 10.9 Å². The molecule has 124 valence electrons. The lowest BCUT2D eigenvalue weighted by Gasteiger charge is -2.41. The number of carbonyl (C=O) groups excluding carboxylic acids is 1. The van der Waals surface area contributed by atoms with Crippen LogP contribution in [-0.4, -0.2) is 52.7 Å². The molecule has 0 saturated carbocycles. The molecule has 3 rings (SSSR count). The molecule has 3 heterocycles. The van der Waals surface area contributed by atoms with Crippen LogP contribution in [0.25, 0.3) is 0 Å². The molecule has 1 fully saturated rings. The smallest absolute Gasteiger partial charge is 0.242 e. The van der Waals surface area contributed by atoms with E-state index in [4.69, 9.17) is 4.52 Å². The number of aryl methyl sites for hydroxylation is 1. The van der Waals surface area contributed by atoms with E-state index in [9.17, 15) is 4.79 Å². The third-order valence-corrected chi connectivity index (χ3v) is 4.94. The molecule has 23 heavy (non-hydrogen) atoms. The Hall–Kier alpha value is -1.93. The predicted octanol–water partition coefficient (Wildman–Crippen LogP) is 1.98. The molecular formula is C15H21N5O2S. The van der Waals surface area contributed by atoms with Gasteiger partial charge >= 0.3 is 0 Å². The number of piperazine rings is 1. The van der Waals surface area contributed by atoms with Crippen LogP contribution >= 0.6 is 11.3 Å². The summed E-state index contributed by atoms with van der Waals surface area (Å²) in [6, 6.07) is 1.82. The van der Waals surface area contributed by atoms with Gasteiger partial charge in [-0.15, -0.1) is 11.3 Å². The van der Waals surface area contributed by atoms with E-state index in [0.717, 1.165) is 24.8 Å². The molecule has 0 aliphatic carbocycles. The second kappa shape index (κ2) is 6.67. The highest BCUT2D eigenvalue weighted by Gasteiger charge is 2.30. The highest BCUT2D eigenvalue weighted by atomic mass is 32.1. The first-order chi connectivity index (χ1) is 11.0. The van der Waals surface area contributed by atoms with Crippen LogP contribution in [0, 0.1) is 6.92 Å². The molecule has 2 aromatic heterocycles. The highest BCUT2D eigenvalue weighted by molar-refractivity contribution is 7.13. The largest absolute Gasteiger partial charge is 0.360 e. The summed E-state index contributed by atoms with van der Waals surface area (Å²) in [5.74, 6) is 1.08. The van der Waals surface area contributed by atoms with Gasteiger partial charge < -0.3 is 14.7 Å². The molecule has 1 aliphatic rings. The van der Waals surface area contributed by atoms with Crippen LogP contribution in [0.5, 0.6) is 0 Å². The quantitative estimate of drug-likeness (QED) is 0.921. The first-order valence-electron chi connectivity index (χ1n) is 7.69. The molecule has 0 unspecified atom stereocenters. The minimum Gasteiger partial charge on any atom is -0.360 e. The van der Waals surface area contributed by atoms with Gasteiger partial charge in [0.1, 0.15) is 5.76 Å². The average Bonchev–Trinajstić information content (AvgIpc) is 3.18. The molecule has 1 saturated heterocycles. The van der Waals surface area contributed by atoms with Crippen molar-refractivity contribution < 1.29 is 9.32 Å². The summed E-state index contributed by atoms with van der Waals surface area (Å²) in [4.78, 5) is 21.3. The third kappa shape index (κ3) is 3.53. The van der Waals surface area contributed by atoms with Crippen LogP contribution in [0.1, 0.15) is 19.6 Å². The van der Waals surface area contributed by atoms with Crippen molar-refractivity contribution in [3.8, 4) is 0 Å². The van der Waals surface area contributed by atoms with Crippen molar-refractivity contribution in [2.45, 2.75) is 32.9 Å². The monoisotopic (exact) mass is 335 g/mol. The Morgan fingerprint density at radius 2 is 2.35 bits per heavy atom. The van der Waals surface area contributed by atoms with E-state index in [1.54, 1.807) is 24.3 Å². The van der Waals surface area contributed by atoms with Crippen LogP contribution in [-0.2, 0) is 4.79 Å². The van der Waals surface area contributed by atoms with Gasteiger partial charge in [0.2, 0.25) is 5.91 Å². The second-order valence-electron chi connectivity index (χ2n) is 5.84. The Kier molecular flexibility index (Phi) is 4.63. The van der Waals surface area contributed by atoms with Crippen molar-refractivity contribution in [1.29, 1.82) is 0 Å². The maximum Gasteiger partial charge on any atom is 0.242 e. The highest BCUT2D eigenvalue weighted by Crippen LogP contribution is 2.23. The molecule has 2 atom stereocenters. The van der Waals surface area contributed by atoms with E-state index >= 15 is 0 Å². The summed E-state index contributed by atoms with van der Waals surface area (Å²) in [6.45, 7) is 8.41. The zero-order chi connectivity index (χ0) is 16.4. The summed E-state index contributed by atoms with van der Waals surface area (Å²) in [7, 11) is 0. The molecule has 1 N–H and O–H groups in total. The Balaban J connectivity index is 1.58. The number of thiazole rings is 1. The number of aromatic nitrogens is 2. The van der Waals surface area contributed by atoms with Gasteiger partial charge in [0.05, 0.1) is 6.04 Å². The Bertz CT molecular complexity index is 657. The molecule has 1 aliphatic heterocycles. The lowest BCUT2D eigenvalue weighted by atomic mass is 10.1. The number of rotatable bonds is 4. The number of anilines is 2. The summed E-state index contributed by atoms with van der Waals surface area (Å²) in [5.41, 5.74) is 0. The zero-order valence-corrected chi connectivity index (χ0v) is 14.3. The minimum atomic E-state index is -0.215. The summed E-state index contributed by atoms with van der Waals surface area (Å²) >= 11 is 1.65. The molecule has 8 heteroatoms. The molecule has 2 aromatic rings. The number of carbonyl (C=O) groups is 1. The van der Waals surface area contributed by atoms with Gasteiger partial charge in [-0.25, -0.2) is 4.98 Å². The summed E-state index contributed by atoms with van der Waals surface area (Å²) in [6.07, 6.45) is 1.83. The number of hydrogen-bond acceptors (Lipinski definition) is 7. The van der Waals surface area contributed by atoms with Crippen molar-refractivity contribution in [1.82, 2.24) is 15.0 Å². The number of nitrogens with one attached hydrogen (secondary N) is 1. The van der Waals surface area contributed by atoms with Gasteiger partial charge in [0.25, 0.3) is 0 Å². The van der Waals surface area contributed by atoms with Gasteiger partial charge in [0, 0.05) is 43.3 Å². The van der Waals surface area contributed by atoms with Crippen molar-refractivity contribution >= 4 is 28.2 Å². The van der Waals surface area contributed by atoms with E-state index in [0.29, 0.717) is 17.6 Å². The molecule has 7 nitrogen and oxygen atoms in total. The Morgan fingerprint density at radius 1 is 1.52 bits per heavy atom. The van der Waals surface area contributed by atoms with Crippen LogP contribution in [0.15, 0.2) is 22.2 Å². The summed E-state index contributed by atoms with van der Waals surface area (Å²) in [5, 5.41) is 9.65. The molecule has 0 aromatic carbocycles. The van der Waals surface area contributed by atoms with Gasteiger partial charge in [-0.05, 0) is 20.8 Å². The molecule has 1 amide bonds. The van der Waals surface area contributed by atoms with Crippen molar-refractivity contribution in [2.75, 3.05) is 29.9 Å². The fraction of sp³-hybridized carbons (Fsp3) is 0.533. The van der Waals surface area contributed by atoms with E-state index in [-0.39, 0.29) is 11.9 Å².